The molecule has 0 radical (unpaired) electrons. The monoisotopic (exact) mass is 423 g/mol. The molecular formula is C21H25N7OS. The van der Waals surface area contributed by atoms with Gasteiger partial charge in [0.05, 0.1) is 12.6 Å². The van der Waals surface area contributed by atoms with Crippen LogP contribution in [0.25, 0.3) is 0 Å². The number of aromatic nitrogens is 3. The van der Waals surface area contributed by atoms with Crippen molar-refractivity contribution in [1.82, 2.24) is 25.4 Å². The highest BCUT2D eigenvalue weighted by atomic mass is 32.1. The number of para-hydroxylation sites is 1. The van der Waals surface area contributed by atoms with Crippen molar-refractivity contribution in [3.63, 3.8) is 0 Å². The van der Waals surface area contributed by atoms with Crippen LogP contribution in [-0.4, -0.2) is 39.2 Å². The van der Waals surface area contributed by atoms with E-state index in [1.165, 1.54) is 4.88 Å². The zero-order valence-corrected chi connectivity index (χ0v) is 17.9. The van der Waals surface area contributed by atoms with Crippen LogP contribution < -0.4 is 15.5 Å². The molecule has 1 aliphatic rings. The van der Waals surface area contributed by atoms with Crippen molar-refractivity contribution in [2.75, 3.05) is 11.4 Å². The van der Waals surface area contributed by atoms with E-state index in [0.29, 0.717) is 32.0 Å². The van der Waals surface area contributed by atoms with E-state index < -0.39 is 0 Å². The Morgan fingerprint density at radius 3 is 2.77 bits per heavy atom. The Hall–Kier alpha value is -3.20. The van der Waals surface area contributed by atoms with Gasteiger partial charge in [-0.25, -0.2) is 4.99 Å². The highest BCUT2D eigenvalue weighted by Crippen LogP contribution is 2.21. The second-order valence-corrected chi connectivity index (χ2v) is 8.24. The lowest BCUT2D eigenvalue weighted by atomic mass is 10.2. The van der Waals surface area contributed by atoms with Gasteiger partial charge in [-0.3, -0.25) is 4.79 Å². The average Bonchev–Trinajstić information content (AvgIpc) is 3.47. The van der Waals surface area contributed by atoms with Crippen molar-refractivity contribution in [3.8, 4) is 0 Å². The van der Waals surface area contributed by atoms with Gasteiger partial charge in [0.25, 0.3) is 0 Å². The largest absolute Gasteiger partial charge is 0.351 e. The third kappa shape index (κ3) is 4.68. The molecule has 3 aromatic rings. The normalized spacial score (nSPS) is 16.9. The first-order valence-corrected chi connectivity index (χ1v) is 10.8. The number of nitrogens with zero attached hydrogens (tertiary/aromatic N) is 5. The molecule has 156 valence electrons. The van der Waals surface area contributed by atoms with Crippen LogP contribution in [0.4, 0.5) is 5.69 Å². The van der Waals surface area contributed by atoms with Crippen molar-refractivity contribution >= 4 is 28.9 Å². The fraction of sp³-hybridized carbons (Fsp3) is 0.333. The van der Waals surface area contributed by atoms with Gasteiger partial charge in [-0.2, -0.15) is 0 Å². The number of aryl methyl sites for hydroxylation is 1. The fourth-order valence-corrected chi connectivity index (χ4v) is 3.97. The standard InChI is InChI=1S/C21H25N7OS/c1-15-25-26-19(27(15)2)13-23-21(22-12-18-9-6-10-30-18)24-16-11-20(29)28(14-16)17-7-4-3-5-8-17/h3-10,16H,11-14H2,1-2H3,(H2,22,23,24). The van der Waals surface area contributed by atoms with Crippen LogP contribution in [0.3, 0.4) is 0 Å². The van der Waals surface area contributed by atoms with Gasteiger partial charge in [0, 0.05) is 30.6 Å². The Kier molecular flexibility index (Phi) is 6.08. The van der Waals surface area contributed by atoms with Crippen LogP contribution in [0.2, 0.25) is 0 Å². The first kappa shape index (κ1) is 20.1. The summed E-state index contributed by atoms with van der Waals surface area (Å²) < 4.78 is 1.93. The molecule has 0 bridgehead atoms. The fourth-order valence-electron chi connectivity index (χ4n) is 3.33. The number of anilines is 1. The van der Waals surface area contributed by atoms with E-state index in [1.807, 2.05) is 59.8 Å². The molecule has 9 heteroatoms. The number of nitrogens with one attached hydrogen (secondary N) is 2. The smallest absolute Gasteiger partial charge is 0.229 e. The minimum absolute atomic E-state index is 0.0199. The molecule has 2 N–H and O–H groups in total. The summed E-state index contributed by atoms with van der Waals surface area (Å²) in [4.78, 5) is 20.3. The summed E-state index contributed by atoms with van der Waals surface area (Å²) in [5, 5.41) is 17.1. The molecule has 4 rings (SSSR count). The van der Waals surface area contributed by atoms with Crippen molar-refractivity contribution in [2.45, 2.75) is 32.5 Å². The lowest BCUT2D eigenvalue weighted by Crippen LogP contribution is -2.44. The summed E-state index contributed by atoms with van der Waals surface area (Å²) in [5.41, 5.74) is 0.923. The molecule has 1 saturated heterocycles. The molecule has 1 amide bonds. The summed E-state index contributed by atoms with van der Waals surface area (Å²) in [6.07, 6.45) is 0.428. The van der Waals surface area contributed by atoms with Crippen LogP contribution in [0.5, 0.6) is 0 Å². The van der Waals surface area contributed by atoms with E-state index in [4.69, 9.17) is 4.99 Å². The van der Waals surface area contributed by atoms with E-state index in [1.54, 1.807) is 11.3 Å². The third-order valence-corrected chi connectivity index (χ3v) is 5.98. The summed E-state index contributed by atoms with van der Waals surface area (Å²) in [7, 11) is 1.93. The van der Waals surface area contributed by atoms with Gasteiger partial charge in [0.2, 0.25) is 5.91 Å². The number of benzene rings is 1. The number of hydrogen-bond acceptors (Lipinski definition) is 5. The number of aliphatic imine (C=N–C) groups is 1. The second-order valence-electron chi connectivity index (χ2n) is 7.21. The summed E-state index contributed by atoms with van der Waals surface area (Å²) in [6.45, 7) is 3.59. The molecule has 1 aromatic carbocycles. The van der Waals surface area contributed by atoms with Gasteiger partial charge in [0.15, 0.2) is 11.8 Å². The molecule has 3 heterocycles. The molecule has 1 aliphatic heterocycles. The SMILES string of the molecule is Cc1nnc(CN=C(NCc2cccs2)NC2CC(=O)N(c3ccccc3)C2)n1C. The Morgan fingerprint density at radius 2 is 2.07 bits per heavy atom. The van der Waals surface area contributed by atoms with Crippen molar-refractivity contribution in [1.29, 1.82) is 0 Å². The molecule has 2 aromatic heterocycles. The summed E-state index contributed by atoms with van der Waals surface area (Å²) in [6, 6.07) is 13.9. The molecule has 1 unspecified atom stereocenters. The maximum atomic E-state index is 12.5. The lowest BCUT2D eigenvalue weighted by molar-refractivity contribution is -0.117. The van der Waals surface area contributed by atoms with E-state index in [0.717, 1.165) is 17.3 Å². The minimum Gasteiger partial charge on any atom is -0.351 e. The van der Waals surface area contributed by atoms with Crippen LogP contribution in [-0.2, 0) is 24.9 Å². The Labute approximate surface area is 179 Å². The molecule has 1 fully saturated rings. The molecule has 1 atom stereocenters. The van der Waals surface area contributed by atoms with E-state index in [2.05, 4.69) is 32.3 Å². The van der Waals surface area contributed by atoms with E-state index in [-0.39, 0.29) is 11.9 Å². The van der Waals surface area contributed by atoms with Crippen molar-refractivity contribution in [3.05, 3.63) is 64.4 Å². The number of amides is 1. The average molecular weight is 424 g/mol. The van der Waals surface area contributed by atoms with Crippen LogP contribution in [0, 0.1) is 6.92 Å². The number of carbonyl (C=O) groups excluding carboxylic acids is 1. The number of guanidine groups is 1. The number of hydrogen-bond donors (Lipinski definition) is 2. The predicted molar refractivity (Wildman–Crippen MR) is 118 cm³/mol. The lowest BCUT2D eigenvalue weighted by Gasteiger charge is -2.19. The Bertz CT molecular complexity index is 1010. The van der Waals surface area contributed by atoms with Crippen LogP contribution >= 0.6 is 11.3 Å². The van der Waals surface area contributed by atoms with E-state index in [9.17, 15) is 4.79 Å². The van der Waals surface area contributed by atoms with Crippen molar-refractivity contribution in [2.24, 2.45) is 12.0 Å². The summed E-state index contributed by atoms with van der Waals surface area (Å²) in [5.74, 6) is 2.41. The Morgan fingerprint density at radius 1 is 1.23 bits per heavy atom. The van der Waals surface area contributed by atoms with Gasteiger partial charge < -0.3 is 20.1 Å². The maximum absolute atomic E-state index is 12.5. The predicted octanol–water partition coefficient (Wildman–Crippen LogP) is 2.23. The zero-order valence-electron chi connectivity index (χ0n) is 17.1. The van der Waals surface area contributed by atoms with Crippen LogP contribution in [0.15, 0.2) is 52.8 Å². The number of thiophene rings is 1. The zero-order chi connectivity index (χ0) is 20.9. The van der Waals surface area contributed by atoms with E-state index >= 15 is 0 Å². The first-order valence-electron chi connectivity index (χ1n) is 9.87. The molecule has 0 aliphatic carbocycles. The topological polar surface area (TPSA) is 87.4 Å². The number of rotatable bonds is 6. The Balaban J connectivity index is 1.45. The molecule has 0 spiro atoms. The highest BCUT2D eigenvalue weighted by Gasteiger charge is 2.31. The quantitative estimate of drug-likeness (QED) is 0.469. The maximum Gasteiger partial charge on any atom is 0.229 e. The highest BCUT2D eigenvalue weighted by molar-refractivity contribution is 7.09. The third-order valence-electron chi connectivity index (χ3n) is 5.11. The number of carbonyl (C=O) groups is 1. The molecule has 0 saturated carbocycles. The van der Waals surface area contributed by atoms with Gasteiger partial charge in [0.1, 0.15) is 12.4 Å². The molecule has 8 nitrogen and oxygen atoms in total. The van der Waals surface area contributed by atoms with Gasteiger partial charge in [-0.05, 0) is 30.5 Å². The van der Waals surface area contributed by atoms with Gasteiger partial charge in [-0.15, -0.1) is 21.5 Å². The minimum atomic E-state index is -0.0199. The summed E-state index contributed by atoms with van der Waals surface area (Å²) >= 11 is 1.69. The second kappa shape index (κ2) is 9.08. The molecule has 30 heavy (non-hydrogen) atoms. The van der Waals surface area contributed by atoms with Crippen molar-refractivity contribution < 1.29 is 4.79 Å². The first-order chi connectivity index (χ1) is 14.6. The molecular weight excluding hydrogens is 398 g/mol. The van der Waals surface area contributed by atoms with Gasteiger partial charge >= 0.3 is 0 Å². The van der Waals surface area contributed by atoms with Crippen LogP contribution in [0.1, 0.15) is 22.9 Å². The van der Waals surface area contributed by atoms with Gasteiger partial charge in [-0.1, -0.05) is 24.3 Å².